The summed E-state index contributed by atoms with van der Waals surface area (Å²) in [7, 11) is 0. The number of nitrogens with zero attached hydrogens (tertiary/aromatic N) is 1. The second kappa shape index (κ2) is 8.48. The molecule has 0 aliphatic carbocycles. The van der Waals surface area contributed by atoms with E-state index in [-0.39, 0.29) is 12.6 Å². The van der Waals surface area contributed by atoms with Crippen molar-refractivity contribution in [2.45, 2.75) is 71.0 Å². The molecule has 2 aliphatic heterocycles. The molecule has 2 aliphatic rings. The molecule has 5 atom stereocenters. The Hall–Kier alpha value is -2.16. The molecule has 0 aromatic heterocycles. The second-order valence-electron chi connectivity index (χ2n) is 6.57. The molecule has 0 bridgehead atoms. The van der Waals surface area contributed by atoms with Crippen LogP contribution in [0.25, 0.3) is 0 Å². The fourth-order valence-electron chi connectivity index (χ4n) is 3.72. The molecule has 2 fully saturated rings. The van der Waals surface area contributed by atoms with Crippen LogP contribution in [0.4, 0.5) is 0 Å². The molecule has 146 valence electrons. The Kier molecular flexibility index (Phi) is 6.57. The third kappa shape index (κ3) is 4.94. The molecule has 0 N–H and O–H groups in total. The van der Waals surface area contributed by atoms with Gasteiger partial charge in [-0.3, -0.25) is 24.1 Å². The average Bonchev–Trinajstić information content (AvgIpc) is 2.91. The number of ether oxygens (including phenoxy) is 4. The second-order valence-corrected chi connectivity index (χ2v) is 6.57. The molecule has 0 aromatic rings. The minimum absolute atomic E-state index is 0.220. The molecule has 2 rings (SSSR count). The molecule has 2 heterocycles. The van der Waals surface area contributed by atoms with E-state index in [9.17, 15) is 19.2 Å². The Balaban J connectivity index is 2.46. The first kappa shape index (κ1) is 20.2. The highest BCUT2D eigenvalue weighted by molar-refractivity contribution is 5.69. The van der Waals surface area contributed by atoms with Crippen LogP contribution in [0.5, 0.6) is 0 Å². The van der Waals surface area contributed by atoms with Crippen molar-refractivity contribution in [3.05, 3.63) is 0 Å². The maximum absolute atomic E-state index is 11.7. The molecular weight excluding hydrogens is 346 g/mol. The standard InChI is InChI=1S/C17H25NO8/c1-9(19)23-14-8-18-7-5-6-13(18)15(24-10(2)20)17(26-12(4)22)16(14)25-11(3)21/h13-17H,5-8H2,1-4H3/t13-,14+,15-,16-,17-/m1/s1. The summed E-state index contributed by atoms with van der Waals surface area (Å²) in [5.74, 6) is -2.31. The van der Waals surface area contributed by atoms with Gasteiger partial charge in [0.2, 0.25) is 0 Å². The maximum Gasteiger partial charge on any atom is 0.303 e. The highest BCUT2D eigenvalue weighted by Crippen LogP contribution is 2.33. The number of esters is 4. The highest BCUT2D eigenvalue weighted by Gasteiger charge is 2.52. The molecule has 0 aromatic carbocycles. The Morgan fingerprint density at radius 3 is 1.77 bits per heavy atom. The topological polar surface area (TPSA) is 108 Å². The number of hydrogen-bond acceptors (Lipinski definition) is 9. The van der Waals surface area contributed by atoms with Crippen LogP contribution in [0.2, 0.25) is 0 Å². The van der Waals surface area contributed by atoms with Crippen molar-refractivity contribution in [3.63, 3.8) is 0 Å². The largest absolute Gasteiger partial charge is 0.457 e. The lowest BCUT2D eigenvalue weighted by molar-refractivity contribution is -0.195. The Bertz CT molecular complexity index is 577. The maximum atomic E-state index is 11.7. The molecular formula is C17H25NO8. The SMILES string of the molecule is CC(=O)O[C@H]1[C@H](OC(C)=O)[C@@H](OC(C)=O)CN2CCC[C@@H]2[C@H]1OC(C)=O. The van der Waals surface area contributed by atoms with E-state index in [4.69, 9.17) is 18.9 Å². The first-order valence-electron chi connectivity index (χ1n) is 8.62. The number of fused-ring (bicyclic) bond motifs is 1. The van der Waals surface area contributed by atoms with Gasteiger partial charge in [0.25, 0.3) is 0 Å². The quantitative estimate of drug-likeness (QED) is 0.505. The first-order chi connectivity index (χ1) is 12.2. The van der Waals surface area contributed by atoms with Gasteiger partial charge in [0.1, 0.15) is 0 Å². The monoisotopic (exact) mass is 371 g/mol. The summed E-state index contributed by atoms with van der Waals surface area (Å²) >= 11 is 0. The van der Waals surface area contributed by atoms with E-state index >= 15 is 0 Å². The molecule has 9 heteroatoms. The summed E-state index contributed by atoms with van der Waals surface area (Å²) in [6.45, 7) is 5.94. The predicted octanol–water partition coefficient (Wildman–Crippen LogP) is 0.191. The van der Waals surface area contributed by atoms with Crippen molar-refractivity contribution >= 4 is 23.9 Å². The fraction of sp³-hybridized carbons (Fsp3) is 0.765. The van der Waals surface area contributed by atoms with E-state index < -0.39 is 48.3 Å². The van der Waals surface area contributed by atoms with E-state index in [2.05, 4.69) is 0 Å². The third-order valence-corrected chi connectivity index (χ3v) is 4.45. The third-order valence-electron chi connectivity index (χ3n) is 4.45. The van der Waals surface area contributed by atoms with Gasteiger partial charge in [-0.15, -0.1) is 0 Å². The van der Waals surface area contributed by atoms with Crippen molar-refractivity contribution in [2.75, 3.05) is 13.1 Å². The van der Waals surface area contributed by atoms with Crippen molar-refractivity contribution in [1.29, 1.82) is 0 Å². The normalized spacial score (nSPS) is 31.3. The molecule has 0 radical (unpaired) electrons. The molecule has 9 nitrogen and oxygen atoms in total. The zero-order valence-corrected chi connectivity index (χ0v) is 15.4. The van der Waals surface area contributed by atoms with Gasteiger partial charge in [0.05, 0.1) is 6.04 Å². The van der Waals surface area contributed by atoms with Crippen LogP contribution in [0.1, 0.15) is 40.5 Å². The minimum Gasteiger partial charge on any atom is -0.457 e. The Morgan fingerprint density at radius 1 is 0.731 bits per heavy atom. The smallest absolute Gasteiger partial charge is 0.303 e. The number of rotatable bonds is 4. The van der Waals surface area contributed by atoms with Crippen LogP contribution in [-0.2, 0) is 38.1 Å². The van der Waals surface area contributed by atoms with Gasteiger partial charge in [-0.1, -0.05) is 0 Å². The lowest BCUT2D eigenvalue weighted by Crippen LogP contribution is -2.52. The van der Waals surface area contributed by atoms with Crippen LogP contribution < -0.4 is 0 Å². The van der Waals surface area contributed by atoms with E-state index in [1.165, 1.54) is 27.7 Å². The van der Waals surface area contributed by atoms with Gasteiger partial charge in [-0.2, -0.15) is 0 Å². The fourth-order valence-corrected chi connectivity index (χ4v) is 3.72. The molecule has 0 unspecified atom stereocenters. The van der Waals surface area contributed by atoms with Gasteiger partial charge < -0.3 is 18.9 Å². The number of carbonyl (C=O) groups is 4. The van der Waals surface area contributed by atoms with Crippen LogP contribution >= 0.6 is 0 Å². The van der Waals surface area contributed by atoms with Crippen molar-refractivity contribution < 1.29 is 38.1 Å². The van der Waals surface area contributed by atoms with E-state index in [1.54, 1.807) is 0 Å². The van der Waals surface area contributed by atoms with Crippen LogP contribution in [0, 0.1) is 0 Å². The predicted molar refractivity (Wildman–Crippen MR) is 86.8 cm³/mol. The zero-order valence-electron chi connectivity index (χ0n) is 15.4. The number of hydrogen-bond donors (Lipinski definition) is 0. The van der Waals surface area contributed by atoms with Gasteiger partial charge in [0.15, 0.2) is 24.4 Å². The summed E-state index contributed by atoms with van der Waals surface area (Å²) in [6, 6.07) is -0.220. The molecule has 0 amide bonds. The molecule has 2 saturated heterocycles. The lowest BCUT2D eigenvalue weighted by atomic mass is 9.98. The van der Waals surface area contributed by atoms with Crippen LogP contribution in [0.3, 0.4) is 0 Å². The Labute approximate surface area is 151 Å². The highest BCUT2D eigenvalue weighted by atomic mass is 16.6. The summed E-state index contributed by atoms with van der Waals surface area (Å²) in [5.41, 5.74) is 0. The number of carbonyl (C=O) groups excluding carboxylic acids is 4. The van der Waals surface area contributed by atoms with Crippen LogP contribution in [0.15, 0.2) is 0 Å². The molecule has 0 saturated carbocycles. The average molecular weight is 371 g/mol. The van der Waals surface area contributed by atoms with E-state index in [0.717, 1.165) is 12.8 Å². The van der Waals surface area contributed by atoms with Crippen molar-refractivity contribution in [2.24, 2.45) is 0 Å². The summed E-state index contributed by atoms with van der Waals surface area (Å²) in [4.78, 5) is 48.6. The zero-order chi connectivity index (χ0) is 19.4. The first-order valence-corrected chi connectivity index (χ1v) is 8.62. The summed E-state index contributed by atoms with van der Waals surface area (Å²) in [5, 5.41) is 0. The Morgan fingerprint density at radius 2 is 1.23 bits per heavy atom. The summed E-state index contributed by atoms with van der Waals surface area (Å²) in [6.07, 6.45) is -2.24. The van der Waals surface area contributed by atoms with E-state index in [1.807, 2.05) is 4.90 Å². The molecule has 26 heavy (non-hydrogen) atoms. The summed E-state index contributed by atoms with van der Waals surface area (Å²) < 4.78 is 21.6. The van der Waals surface area contributed by atoms with Crippen LogP contribution in [-0.4, -0.2) is 72.3 Å². The molecule has 0 spiro atoms. The van der Waals surface area contributed by atoms with Gasteiger partial charge in [0, 0.05) is 34.2 Å². The minimum atomic E-state index is -1.07. The lowest BCUT2D eigenvalue weighted by Gasteiger charge is -2.34. The van der Waals surface area contributed by atoms with Gasteiger partial charge in [-0.05, 0) is 19.4 Å². The van der Waals surface area contributed by atoms with E-state index in [0.29, 0.717) is 6.54 Å². The van der Waals surface area contributed by atoms with Crippen molar-refractivity contribution in [1.82, 2.24) is 4.90 Å². The van der Waals surface area contributed by atoms with Crippen molar-refractivity contribution in [3.8, 4) is 0 Å². The van der Waals surface area contributed by atoms with Gasteiger partial charge in [-0.25, -0.2) is 0 Å². The van der Waals surface area contributed by atoms with Gasteiger partial charge >= 0.3 is 23.9 Å².